The number of nitrogens with two attached hydrogens (primary N) is 1. The van der Waals surface area contributed by atoms with Gasteiger partial charge in [0.2, 0.25) is 5.91 Å². The van der Waals surface area contributed by atoms with E-state index in [1.807, 2.05) is 0 Å². The summed E-state index contributed by atoms with van der Waals surface area (Å²) in [7, 11) is 0. The summed E-state index contributed by atoms with van der Waals surface area (Å²) in [4.78, 5) is 12.1. The molecule has 0 heterocycles. The maximum atomic E-state index is 12.1. The van der Waals surface area contributed by atoms with Gasteiger partial charge >= 0.3 is 0 Å². The van der Waals surface area contributed by atoms with E-state index in [0.717, 1.165) is 30.6 Å². The highest BCUT2D eigenvalue weighted by Crippen LogP contribution is 2.98. The first-order chi connectivity index (χ1) is 9.64. The Kier molecular flexibility index (Phi) is 1.69. The van der Waals surface area contributed by atoms with Crippen LogP contribution in [0.3, 0.4) is 0 Å². The second-order valence-electron chi connectivity index (χ2n) is 7.63. The predicted molar refractivity (Wildman–Crippen MR) is 76.8 cm³/mol. The summed E-state index contributed by atoms with van der Waals surface area (Å²) in [5.74, 6) is 2.39. The Morgan fingerprint density at radius 3 is 2.55 bits per heavy atom. The quantitative estimate of drug-likeness (QED) is 0.899. The molecule has 0 aliphatic heterocycles. The fourth-order valence-electron chi connectivity index (χ4n) is 7.46. The maximum Gasteiger partial charge on any atom is 0.224 e. The molecule has 0 saturated heterocycles. The summed E-state index contributed by atoms with van der Waals surface area (Å²) < 4.78 is 0. The van der Waals surface area contributed by atoms with Gasteiger partial charge in [-0.3, -0.25) is 4.79 Å². The summed E-state index contributed by atoms with van der Waals surface area (Å²) in [5.41, 5.74) is 7.72. The second kappa shape index (κ2) is 2.98. The minimum atomic E-state index is -0.137. The minimum absolute atomic E-state index is 0.0143. The van der Waals surface area contributed by atoms with E-state index in [4.69, 9.17) is 5.73 Å². The average Bonchev–Trinajstić information content (AvgIpc) is 2.37. The number of hydrogen-bond donors (Lipinski definition) is 1. The number of primary amides is 1. The van der Waals surface area contributed by atoms with E-state index >= 15 is 0 Å². The van der Waals surface area contributed by atoms with Gasteiger partial charge in [-0.25, -0.2) is 0 Å². The molecule has 2 heteroatoms. The topological polar surface area (TPSA) is 43.1 Å². The lowest BCUT2D eigenvalue weighted by molar-refractivity contribution is -0.457. The van der Waals surface area contributed by atoms with Gasteiger partial charge in [-0.05, 0) is 42.6 Å². The zero-order valence-electron chi connectivity index (χ0n) is 11.9. The lowest BCUT2D eigenvalue weighted by atomic mass is 9.05. The van der Waals surface area contributed by atoms with E-state index in [1.54, 1.807) is 0 Å². The fraction of sp³-hybridized carbons (Fsp3) is 0.611. The summed E-state index contributed by atoms with van der Waals surface area (Å²) in [5, 5.41) is 0. The van der Waals surface area contributed by atoms with Crippen molar-refractivity contribution in [2.75, 3.05) is 0 Å². The SMILES string of the molecule is CCC1C2CC3(C(N)=O)CC4(c5ccccc5)CC1C234. The second-order valence-corrected chi connectivity index (χ2v) is 7.63. The van der Waals surface area contributed by atoms with Crippen molar-refractivity contribution in [1.29, 1.82) is 0 Å². The standard InChI is InChI=1S/C18H21NO/c1-2-12-13-8-16(11-6-4-3-5-7-11)10-17(15(19)20)9-14(12)18(13,16)17/h3-7,12-14H,2,8-10H2,1H3,(H2,19,20). The van der Waals surface area contributed by atoms with Crippen molar-refractivity contribution < 1.29 is 4.79 Å². The zero-order valence-corrected chi connectivity index (χ0v) is 11.9. The van der Waals surface area contributed by atoms with Crippen LogP contribution in [0, 0.1) is 28.6 Å². The highest BCUT2D eigenvalue weighted by atomic mass is 16.1. The average molecular weight is 267 g/mol. The Labute approximate surface area is 119 Å². The molecule has 1 amide bonds. The molecule has 6 atom stereocenters. The molecule has 4 saturated carbocycles. The molecule has 6 unspecified atom stereocenters. The predicted octanol–water partition coefficient (Wildman–Crippen LogP) is 2.87. The normalized spacial score (nSPS) is 53.4. The van der Waals surface area contributed by atoms with E-state index in [-0.39, 0.29) is 16.7 Å². The van der Waals surface area contributed by atoms with E-state index in [1.165, 1.54) is 18.4 Å². The van der Waals surface area contributed by atoms with Crippen LogP contribution >= 0.6 is 0 Å². The lowest BCUT2D eigenvalue weighted by Gasteiger charge is -2.97. The monoisotopic (exact) mass is 267 g/mol. The van der Waals surface area contributed by atoms with Crippen LogP contribution in [0.5, 0.6) is 0 Å². The summed E-state index contributed by atoms with van der Waals surface area (Å²) in [6.45, 7) is 2.31. The van der Waals surface area contributed by atoms with E-state index in [2.05, 4.69) is 37.3 Å². The van der Waals surface area contributed by atoms with Gasteiger partial charge in [-0.15, -0.1) is 0 Å². The van der Waals surface area contributed by atoms with Gasteiger partial charge in [0, 0.05) is 10.8 Å². The van der Waals surface area contributed by atoms with Crippen LogP contribution in [0.15, 0.2) is 30.3 Å². The Morgan fingerprint density at radius 1 is 1.25 bits per heavy atom. The van der Waals surface area contributed by atoms with Gasteiger partial charge in [-0.1, -0.05) is 43.7 Å². The molecule has 0 radical (unpaired) electrons. The molecule has 5 rings (SSSR count). The van der Waals surface area contributed by atoms with Crippen LogP contribution in [0.1, 0.15) is 38.2 Å². The first-order valence-corrected chi connectivity index (χ1v) is 7.99. The molecule has 4 fully saturated rings. The number of amides is 1. The number of carbonyl (C=O) groups excluding carboxylic acids is 1. The molecule has 4 aliphatic rings. The Balaban J connectivity index is 1.62. The van der Waals surface area contributed by atoms with Crippen LogP contribution in [-0.4, -0.2) is 5.91 Å². The van der Waals surface area contributed by atoms with Crippen molar-refractivity contribution in [3.8, 4) is 0 Å². The number of hydrogen-bond acceptors (Lipinski definition) is 1. The zero-order chi connectivity index (χ0) is 13.8. The highest BCUT2D eigenvalue weighted by molar-refractivity contribution is 5.88. The van der Waals surface area contributed by atoms with Crippen LogP contribution in [0.25, 0.3) is 0 Å². The molecule has 1 aromatic carbocycles. The maximum absolute atomic E-state index is 12.1. The smallest absolute Gasteiger partial charge is 0.224 e. The van der Waals surface area contributed by atoms with Gasteiger partial charge in [0.1, 0.15) is 0 Å². The van der Waals surface area contributed by atoms with Crippen molar-refractivity contribution >= 4 is 5.91 Å². The van der Waals surface area contributed by atoms with Crippen LogP contribution in [0.4, 0.5) is 0 Å². The summed E-state index contributed by atoms with van der Waals surface area (Å²) in [6.07, 6.45) is 4.66. The van der Waals surface area contributed by atoms with Crippen molar-refractivity contribution in [3.05, 3.63) is 35.9 Å². The Bertz CT molecular complexity index is 618. The summed E-state index contributed by atoms with van der Waals surface area (Å²) >= 11 is 0. The molecular formula is C18H21NO. The fourth-order valence-corrected chi connectivity index (χ4v) is 7.46. The molecule has 20 heavy (non-hydrogen) atoms. The lowest BCUT2D eigenvalue weighted by Crippen LogP contribution is -2.96. The van der Waals surface area contributed by atoms with Crippen LogP contribution < -0.4 is 5.73 Å². The largest absolute Gasteiger partial charge is 0.369 e. The Morgan fingerprint density at radius 2 is 1.95 bits per heavy atom. The Hall–Kier alpha value is -1.31. The molecule has 104 valence electrons. The van der Waals surface area contributed by atoms with Crippen LogP contribution in [-0.2, 0) is 10.2 Å². The molecule has 1 spiro atoms. The highest BCUT2D eigenvalue weighted by Gasteiger charge is 2.97. The molecular weight excluding hydrogens is 246 g/mol. The van der Waals surface area contributed by atoms with Gasteiger partial charge in [-0.2, -0.15) is 0 Å². The molecule has 1 aromatic rings. The third-order valence-electron chi connectivity index (χ3n) is 7.80. The number of benzene rings is 1. The third kappa shape index (κ3) is 0.737. The minimum Gasteiger partial charge on any atom is -0.369 e. The van der Waals surface area contributed by atoms with Gasteiger partial charge in [0.25, 0.3) is 0 Å². The first kappa shape index (κ1) is 11.4. The van der Waals surface area contributed by atoms with Crippen molar-refractivity contribution in [1.82, 2.24) is 0 Å². The van der Waals surface area contributed by atoms with Gasteiger partial charge in [0.15, 0.2) is 0 Å². The first-order valence-electron chi connectivity index (χ1n) is 7.99. The van der Waals surface area contributed by atoms with E-state index in [0.29, 0.717) is 5.41 Å². The van der Waals surface area contributed by atoms with E-state index < -0.39 is 0 Å². The van der Waals surface area contributed by atoms with E-state index in [9.17, 15) is 4.79 Å². The van der Waals surface area contributed by atoms with Crippen LogP contribution in [0.2, 0.25) is 0 Å². The third-order valence-corrected chi connectivity index (χ3v) is 7.80. The molecule has 4 aliphatic carbocycles. The van der Waals surface area contributed by atoms with Crippen molar-refractivity contribution in [3.63, 3.8) is 0 Å². The number of rotatable bonds is 3. The molecule has 0 aromatic heterocycles. The molecule has 2 N–H and O–H groups in total. The molecule has 2 nitrogen and oxygen atoms in total. The van der Waals surface area contributed by atoms with Crippen molar-refractivity contribution in [2.24, 2.45) is 34.3 Å². The summed E-state index contributed by atoms with van der Waals surface area (Å²) in [6, 6.07) is 10.9. The molecule has 0 bridgehead atoms. The van der Waals surface area contributed by atoms with Crippen molar-refractivity contribution in [2.45, 2.75) is 38.0 Å². The van der Waals surface area contributed by atoms with Gasteiger partial charge in [0.05, 0.1) is 5.41 Å². The number of carbonyl (C=O) groups is 1. The van der Waals surface area contributed by atoms with Gasteiger partial charge < -0.3 is 5.73 Å².